The fourth-order valence-electron chi connectivity index (χ4n) is 2.36. The van der Waals surface area contributed by atoms with Crippen molar-refractivity contribution in [3.8, 4) is 11.3 Å². The number of fused-ring (bicyclic) bond motifs is 1. The van der Waals surface area contributed by atoms with Gasteiger partial charge in [0.05, 0.1) is 5.69 Å². The molecule has 2 aromatic rings. The van der Waals surface area contributed by atoms with Crippen molar-refractivity contribution in [3.05, 3.63) is 34.9 Å². The highest BCUT2D eigenvalue weighted by atomic mass is 35.5. The van der Waals surface area contributed by atoms with E-state index < -0.39 is 0 Å². The summed E-state index contributed by atoms with van der Waals surface area (Å²) in [7, 11) is 0. The van der Waals surface area contributed by atoms with E-state index in [0.29, 0.717) is 5.95 Å². The fraction of sp³-hybridized carbons (Fsp3) is 0.286. The Bertz CT molecular complexity index is 595. The first-order chi connectivity index (χ1) is 9.24. The van der Waals surface area contributed by atoms with Crippen LogP contribution in [0.1, 0.15) is 18.4 Å². The minimum absolute atomic E-state index is 0.304. The predicted octanol–water partition coefficient (Wildman–Crippen LogP) is 3.13. The Morgan fingerprint density at radius 2 is 1.89 bits per heavy atom. The second kappa shape index (κ2) is 5.05. The van der Waals surface area contributed by atoms with Gasteiger partial charge >= 0.3 is 0 Å². The average molecular weight is 275 g/mol. The maximum absolute atomic E-state index is 5.93. The third kappa shape index (κ3) is 2.49. The first-order valence-corrected chi connectivity index (χ1v) is 6.78. The summed E-state index contributed by atoms with van der Waals surface area (Å²) < 4.78 is 0. The molecule has 0 radical (unpaired) electrons. The summed E-state index contributed by atoms with van der Waals surface area (Å²) in [6, 6.07) is 7.67. The molecule has 0 amide bonds. The lowest BCUT2D eigenvalue weighted by atomic mass is 10.0. The lowest BCUT2D eigenvalue weighted by Gasteiger charge is -2.12. The third-order valence-corrected chi connectivity index (χ3v) is 3.54. The minimum atomic E-state index is 0.304. The van der Waals surface area contributed by atoms with Crippen LogP contribution in [0.2, 0.25) is 5.02 Å². The highest BCUT2D eigenvalue weighted by molar-refractivity contribution is 6.30. The van der Waals surface area contributed by atoms with Crippen molar-refractivity contribution >= 4 is 23.4 Å². The number of nitrogens with zero attached hydrogens (tertiary/aromatic N) is 2. The Labute approximate surface area is 117 Å². The highest BCUT2D eigenvalue weighted by Gasteiger charge is 2.16. The molecule has 0 saturated heterocycles. The van der Waals surface area contributed by atoms with Gasteiger partial charge < -0.3 is 11.1 Å². The van der Waals surface area contributed by atoms with E-state index in [-0.39, 0.29) is 0 Å². The Morgan fingerprint density at radius 1 is 1.11 bits per heavy atom. The smallest absolute Gasteiger partial charge is 0.222 e. The zero-order valence-corrected chi connectivity index (χ0v) is 11.2. The summed E-state index contributed by atoms with van der Waals surface area (Å²) in [5.74, 6) is 1.17. The number of benzene rings is 1. The molecule has 3 N–H and O–H groups in total. The maximum Gasteiger partial charge on any atom is 0.222 e. The number of hydrogen-bond donors (Lipinski definition) is 2. The first-order valence-electron chi connectivity index (χ1n) is 6.40. The quantitative estimate of drug-likeness (QED) is 0.839. The number of halogens is 1. The van der Waals surface area contributed by atoms with Crippen LogP contribution in [0.25, 0.3) is 11.3 Å². The summed E-state index contributed by atoms with van der Waals surface area (Å²) in [6.45, 7) is 0.934. The van der Waals surface area contributed by atoms with Crippen molar-refractivity contribution in [2.45, 2.75) is 19.3 Å². The lowest BCUT2D eigenvalue weighted by molar-refractivity contribution is 0.785. The Morgan fingerprint density at radius 3 is 2.68 bits per heavy atom. The molecule has 3 rings (SSSR count). The molecule has 0 unspecified atom stereocenters. The van der Waals surface area contributed by atoms with Gasteiger partial charge in [-0.25, -0.2) is 4.98 Å². The zero-order valence-electron chi connectivity index (χ0n) is 10.5. The molecule has 5 heteroatoms. The first kappa shape index (κ1) is 12.2. The molecular formula is C14H15ClN4. The van der Waals surface area contributed by atoms with Gasteiger partial charge in [0.25, 0.3) is 0 Å². The second-order valence-corrected chi connectivity index (χ2v) is 5.08. The molecule has 0 spiro atoms. The molecular weight excluding hydrogens is 260 g/mol. The molecule has 0 atom stereocenters. The van der Waals surface area contributed by atoms with E-state index in [9.17, 15) is 0 Å². The van der Waals surface area contributed by atoms with Crippen LogP contribution in [0.5, 0.6) is 0 Å². The lowest BCUT2D eigenvalue weighted by Crippen LogP contribution is -2.07. The van der Waals surface area contributed by atoms with Gasteiger partial charge in [0.1, 0.15) is 5.82 Å². The van der Waals surface area contributed by atoms with Crippen molar-refractivity contribution < 1.29 is 0 Å². The van der Waals surface area contributed by atoms with Crippen molar-refractivity contribution in [2.24, 2.45) is 0 Å². The summed E-state index contributed by atoms with van der Waals surface area (Å²) >= 11 is 5.93. The molecule has 2 heterocycles. The third-order valence-electron chi connectivity index (χ3n) is 3.29. The van der Waals surface area contributed by atoms with Crippen LogP contribution in [0, 0.1) is 0 Å². The molecule has 4 nitrogen and oxygen atoms in total. The molecule has 0 saturated carbocycles. The van der Waals surface area contributed by atoms with Crippen LogP contribution in [-0.4, -0.2) is 16.5 Å². The summed E-state index contributed by atoms with van der Waals surface area (Å²) in [5.41, 5.74) is 8.90. The molecule has 98 valence electrons. The standard InChI is InChI=1S/C14H15ClN4/c15-10-6-4-9(5-7-10)12-11-3-1-2-8-17-13(11)19-14(16)18-12/h4-7H,1-3,8H2,(H3,16,17,18,19). The van der Waals surface area contributed by atoms with Crippen LogP contribution in [0.3, 0.4) is 0 Å². The van der Waals surface area contributed by atoms with Gasteiger partial charge in [-0.1, -0.05) is 23.7 Å². The van der Waals surface area contributed by atoms with E-state index in [0.717, 1.165) is 53.5 Å². The van der Waals surface area contributed by atoms with Crippen LogP contribution in [0.4, 0.5) is 11.8 Å². The Hall–Kier alpha value is -1.81. The SMILES string of the molecule is Nc1nc2c(c(-c3ccc(Cl)cc3)n1)CCCCN2. The van der Waals surface area contributed by atoms with Crippen molar-refractivity contribution in [1.29, 1.82) is 0 Å². The minimum Gasteiger partial charge on any atom is -0.370 e. The van der Waals surface area contributed by atoms with Gasteiger partial charge in [-0.05, 0) is 31.4 Å². The number of anilines is 2. The average Bonchev–Trinajstić information content (AvgIpc) is 2.64. The number of nitrogens with two attached hydrogens (primary N) is 1. The molecule has 1 aromatic heterocycles. The van der Waals surface area contributed by atoms with Gasteiger partial charge in [0.15, 0.2) is 0 Å². The van der Waals surface area contributed by atoms with Crippen molar-refractivity contribution in [2.75, 3.05) is 17.6 Å². The van der Waals surface area contributed by atoms with Crippen LogP contribution < -0.4 is 11.1 Å². The van der Waals surface area contributed by atoms with Gasteiger partial charge in [-0.3, -0.25) is 0 Å². The molecule has 1 aliphatic heterocycles. The molecule has 0 aliphatic carbocycles. The van der Waals surface area contributed by atoms with E-state index in [2.05, 4.69) is 15.3 Å². The van der Waals surface area contributed by atoms with Crippen molar-refractivity contribution in [3.63, 3.8) is 0 Å². The monoisotopic (exact) mass is 274 g/mol. The predicted molar refractivity (Wildman–Crippen MR) is 78.3 cm³/mol. The Kier molecular flexibility index (Phi) is 3.25. The number of hydrogen-bond acceptors (Lipinski definition) is 4. The van der Waals surface area contributed by atoms with E-state index in [1.54, 1.807) is 0 Å². The summed E-state index contributed by atoms with van der Waals surface area (Å²) in [4.78, 5) is 8.72. The van der Waals surface area contributed by atoms with Crippen molar-refractivity contribution in [1.82, 2.24) is 9.97 Å². The van der Waals surface area contributed by atoms with E-state index in [4.69, 9.17) is 17.3 Å². The largest absolute Gasteiger partial charge is 0.370 e. The highest BCUT2D eigenvalue weighted by Crippen LogP contribution is 2.30. The van der Waals surface area contributed by atoms with Crippen LogP contribution in [-0.2, 0) is 6.42 Å². The molecule has 1 aliphatic rings. The number of aromatic nitrogens is 2. The molecule has 1 aromatic carbocycles. The van der Waals surface area contributed by atoms with E-state index in [1.165, 1.54) is 0 Å². The van der Waals surface area contributed by atoms with Gasteiger partial charge in [0.2, 0.25) is 5.95 Å². The maximum atomic E-state index is 5.93. The van der Waals surface area contributed by atoms with Gasteiger partial charge in [0, 0.05) is 22.7 Å². The zero-order chi connectivity index (χ0) is 13.2. The molecule has 0 fully saturated rings. The van der Waals surface area contributed by atoms with E-state index >= 15 is 0 Å². The summed E-state index contributed by atoms with van der Waals surface area (Å²) in [6.07, 6.45) is 3.24. The number of nitrogens with one attached hydrogen (secondary N) is 1. The van der Waals surface area contributed by atoms with Crippen LogP contribution >= 0.6 is 11.6 Å². The summed E-state index contributed by atoms with van der Waals surface area (Å²) in [5, 5.41) is 4.05. The topological polar surface area (TPSA) is 63.8 Å². The van der Waals surface area contributed by atoms with Gasteiger partial charge in [-0.15, -0.1) is 0 Å². The Balaban J connectivity index is 2.14. The van der Waals surface area contributed by atoms with E-state index in [1.807, 2.05) is 24.3 Å². The molecule has 0 bridgehead atoms. The molecule has 19 heavy (non-hydrogen) atoms. The number of rotatable bonds is 1. The van der Waals surface area contributed by atoms with Crippen LogP contribution in [0.15, 0.2) is 24.3 Å². The van der Waals surface area contributed by atoms with Gasteiger partial charge in [-0.2, -0.15) is 4.98 Å². The second-order valence-electron chi connectivity index (χ2n) is 4.65. The number of nitrogen functional groups attached to an aromatic ring is 1. The fourth-order valence-corrected chi connectivity index (χ4v) is 2.49. The normalized spacial score (nSPS) is 14.4.